The molecule has 128 valence electrons. The van der Waals surface area contributed by atoms with Gasteiger partial charge in [-0.3, -0.25) is 10.1 Å². The van der Waals surface area contributed by atoms with Crippen molar-refractivity contribution in [3.8, 4) is 5.75 Å². The number of hydrogen-bond acceptors (Lipinski definition) is 6. The quantitative estimate of drug-likeness (QED) is 0.406. The summed E-state index contributed by atoms with van der Waals surface area (Å²) in [5, 5.41) is 18.7. The van der Waals surface area contributed by atoms with E-state index in [0.717, 1.165) is 10.5 Å². The zero-order chi connectivity index (χ0) is 17.7. The number of benzene rings is 2. The Bertz CT molecular complexity index is 840. The number of primary sulfonamides is 1. The molecule has 3 N–H and O–H groups in total. The minimum atomic E-state index is -4.10. The second-order valence-electron chi connectivity index (χ2n) is 4.71. The van der Waals surface area contributed by atoms with Crippen molar-refractivity contribution in [2.24, 2.45) is 5.14 Å². The fourth-order valence-corrected chi connectivity index (χ4v) is 2.89. The summed E-state index contributed by atoms with van der Waals surface area (Å²) in [7, 11) is -4.10. The number of sulfonamides is 1. The first-order chi connectivity index (χ1) is 11.3. The number of nitrogens with zero attached hydrogens (tertiary/aromatic N) is 1. The van der Waals surface area contributed by atoms with E-state index in [1.165, 1.54) is 12.1 Å². The molecular formula is C14H14BrN3O5S. The van der Waals surface area contributed by atoms with Gasteiger partial charge in [0.15, 0.2) is 0 Å². The molecule has 0 amide bonds. The van der Waals surface area contributed by atoms with Crippen LogP contribution in [0.5, 0.6) is 5.75 Å². The van der Waals surface area contributed by atoms with Crippen molar-refractivity contribution >= 4 is 37.3 Å². The second kappa shape index (κ2) is 7.60. The lowest BCUT2D eigenvalue weighted by Gasteiger charge is -2.11. The molecule has 2 rings (SSSR count). The Balaban J connectivity index is 2.04. The molecule has 0 spiro atoms. The van der Waals surface area contributed by atoms with E-state index >= 15 is 0 Å². The fourth-order valence-electron chi connectivity index (χ4n) is 1.89. The number of hydrogen-bond donors (Lipinski definition) is 2. The van der Waals surface area contributed by atoms with Crippen LogP contribution >= 0.6 is 15.9 Å². The fraction of sp³-hybridized carbons (Fsp3) is 0.143. The van der Waals surface area contributed by atoms with Crippen molar-refractivity contribution in [2.45, 2.75) is 4.90 Å². The Morgan fingerprint density at radius 1 is 1.21 bits per heavy atom. The Labute approximate surface area is 147 Å². The molecule has 0 aliphatic rings. The summed E-state index contributed by atoms with van der Waals surface area (Å²) in [6.45, 7) is 0.555. The maximum absolute atomic E-state index is 11.6. The van der Waals surface area contributed by atoms with Crippen LogP contribution in [0.3, 0.4) is 0 Å². The van der Waals surface area contributed by atoms with Crippen LogP contribution in [-0.2, 0) is 10.0 Å². The first-order valence-electron chi connectivity index (χ1n) is 6.71. The standard InChI is InChI=1S/C14H14BrN3O5S/c15-10-1-4-12(5-2-10)23-8-7-17-13-6-3-11(18(19)20)9-14(13)24(16,21)22/h1-6,9,17H,7-8H2,(H2,16,21,22). The maximum Gasteiger partial charge on any atom is 0.270 e. The van der Waals surface area contributed by atoms with Crippen LogP contribution in [-0.4, -0.2) is 26.5 Å². The predicted molar refractivity (Wildman–Crippen MR) is 92.6 cm³/mol. The molecule has 0 fully saturated rings. The first-order valence-corrected chi connectivity index (χ1v) is 9.05. The largest absolute Gasteiger partial charge is 0.492 e. The Kier molecular flexibility index (Phi) is 5.75. The third kappa shape index (κ3) is 4.91. The van der Waals surface area contributed by atoms with Crippen molar-refractivity contribution in [3.63, 3.8) is 0 Å². The maximum atomic E-state index is 11.6. The number of ether oxygens (including phenoxy) is 1. The van der Waals surface area contributed by atoms with Gasteiger partial charge >= 0.3 is 0 Å². The number of nitrogens with one attached hydrogen (secondary N) is 1. The van der Waals surface area contributed by atoms with E-state index in [9.17, 15) is 18.5 Å². The summed E-state index contributed by atoms with van der Waals surface area (Å²) in [5.74, 6) is 0.662. The molecule has 8 nitrogen and oxygen atoms in total. The monoisotopic (exact) mass is 415 g/mol. The van der Waals surface area contributed by atoms with Gasteiger partial charge in [-0.2, -0.15) is 0 Å². The second-order valence-corrected chi connectivity index (χ2v) is 7.16. The molecule has 0 aliphatic heterocycles. The van der Waals surface area contributed by atoms with Crippen LogP contribution < -0.4 is 15.2 Å². The van der Waals surface area contributed by atoms with Gasteiger partial charge in [0.2, 0.25) is 10.0 Å². The molecule has 2 aromatic carbocycles. The topological polar surface area (TPSA) is 125 Å². The molecule has 0 saturated carbocycles. The first kappa shape index (κ1) is 18.2. The molecule has 2 aromatic rings. The van der Waals surface area contributed by atoms with Crippen molar-refractivity contribution in [1.29, 1.82) is 0 Å². The smallest absolute Gasteiger partial charge is 0.270 e. The van der Waals surface area contributed by atoms with Crippen molar-refractivity contribution < 1.29 is 18.1 Å². The number of nitro groups is 1. The van der Waals surface area contributed by atoms with E-state index in [1.807, 2.05) is 12.1 Å². The summed E-state index contributed by atoms with van der Waals surface area (Å²) in [6, 6.07) is 10.7. The predicted octanol–water partition coefficient (Wildman–Crippen LogP) is 2.50. The number of anilines is 1. The average molecular weight is 416 g/mol. The molecule has 0 heterocycles. The molecule has 0 aliphatic carbocycles. The molecule has 0 aromatic heterocycles. The lowest BCUT2D eigenvalue weighted by Crippen LogP contribution is -2.18. The van der Waals surface area contributed by atoms with Gasteiger partial charge in [0, 0.05) is 23.2 Å². The van der Waals surface area contributed by atoms with Gasteiger partial charge in [0.05, 0.1) is 10.6 Å². The Morgan fingerprint density at radius 3 is 2.46 bits per heavy atom. The molecule has 24 heavy (non-hydrogen) atoms. The third-order valence-corrected chi connectivity index (χ3v) is 4.46. The number of non-ortho nitro benzene ring substituents is 1. The average Bonchev–Trinajstić information content (AvgIpc) is 2.52. The van der Waals surface area contributed by atoms with Gasteiger partial charge in [-0.25, -0.2) is 13.6 Å². The van der Waals surface area contributed by atoms with E-state index in [2.05, 4.69) is 21.2 Å². The lowest BCUT2D eigenvalue weighted by atomic mass is 10.3. The van der Waals surface area contributed by atoms with Crippen LogP contribution in [0, 0.1) is 10.1 Å². The zero-order valence-corrected chi connectivity index (χ0v) is 14.7. The number of nitro benzene ring substituents is 1. The molecular weight excluding hydrogens is 402 g/mol. The summed E-state index contributed by atoms with van der Waals surface area (Å²) >= 11 is 3.32. The highest BCUT2D eigenvalue weighted by atomic mass is 79.9. The molecule has 10 heteroatoms. The molecule has 0 unspecified atom stereocenters. The van der Waals surface area contributed by atoms with Gasteiger partial charge in [-0.1, -0.05) is 15.9 Å². The normalized spacial score (nSPS) is 11.1. The summed E-state index contributed by atoms with van der Waals surface area (Å²) in [5.41, 5.74) is -0.168. The molecule has 0 bridgehead atoms. The number of halogens is 1. The highest BCUT2D eigenvalue weighted by molar-refractivity contribution is 9.10. The van der Waals surface area contributed by atoms with Gasteiger partial charge in [-0.15, -0.1) is 0 Å². The van der Waals surface area contributed by atoms with Gasteiger partial charge in [0.1, 0.15) is 17.3 Å². The van der Waals surface area contributed by atoms with Crippen molar-refractivity contribution in [2.75, 3.05) is 18.5 Å². The van der Waals surface area contributed by atoms with Crippen LogP contribution in [0.1, 0.15) is 0 Å². The minimum Gasteiger partial charge on any atom is -0.492 e. The van der Waals surface area contributed by atoms with E-state index in [1.54, 1.807) is 12.1 Å². The minimum absolute atomic E-state index is 0.183. The highest BCUT2D eigenvalue weighted by Crippen LogP contribution is 2.25. The lowest BCUT2D eigenvalue weighted by molar-refractivity contribution is -0.385. The van der Waals surface area contributed by atoms with Gasteiger partial charge < -0.3 is 10.1 Å². The van der Waals surface area contributed by atoms with Crippen LogP contribution in [0.2, 0.25) is 0 Å². The highest BCUT2D eigenvalue weighted by Gasteiger charge is 2.18. The summed E-state index contributed by atoms with van der Waals surface area (Å²) in [6.07, 6.45) is 0. The third-order valence-electron chi connectivity index (χ3n) is 2.98. The van der Waals surface area contributed by atoms with Gasteiger partial charge in [0.25, 0.3) is 5.69 Å². The number of nitrogens with two attached hydrogens (primary N) is 1. The van der Waals surface area contributed by atoms with E-state index in [4.69, 9.17) is 9.88 Å². The number of rotatable bonds is 7. The van der Waals surface area contributed by atoms with Crippen LogP contribution in [0.4, 0.5) is 11.4 Å². The van der Waals surface area contributed by atoms with E-state index < -0.39 is 14.9 Å². The van der Waals surface area contributed by atoms with E-state index in [-0.39, 0.29) is 29.4 Å². The molecule has 0 radical (unpaired) electrons. The summed E-state index contributed by atoms with van der Waals surface area (Å²) < 4.78 is 29.6. The van der Waals surface area contributed by atoms with Gasteiger partial charge in [-0.05, 0) is 30.3 Å². The Morgan fingerprint density at radius 2 is 1.88 bits per heavy atom. The van der Waals surface area contributed by atoms with E-state index in [0.29, 0.717) is 5.75 Å². The molecule has 0 atom stereocenters. The summed E-state index contributed by atoms with van der Waals surface area (Å²) in [4.78, 5) is 9.74. The Hall–Kier alpha value is -2.17. The van der Waals surface area contributed by atoms with Crippen molar-refractivity contribution in [3.05, 3.63) is 57.1 Å². The SMILES string of the molecule is NS(=O)(=O)c1cc([N+](=O)[O-])ccc1NCCOc1ccc(Br)cc1. The molecule has 0 saturated heterocycles. The van der Waals surface area contributed by atoms with Crippen molar-refractivity contribution in [1.82, 2.24) is 0 Å². The zero-order valence-electron chi connectivity index (χ0n) is 12.3. The van der Waals surface area contributed by atoms with Crippen LogP contribution in [0.15, 0.2) is 51.8 Å². The van der Waals surface area contributed by atoms with Crippen LogP contribution in [0.25, 0.3) is 0 Å².